The molecule has 0 fully saturated rings. The first-order chi connectivity index (χ1) is 14.1. The molecule has 0 bridgehead atoms. The Morgan fingerprint density at radius 3 is 2.31 bits per heavy atom. The number of carboxylic acids is 1. The third kappa shape index (κ3) is 3.72. The molecule has 0 atom stereocenters. The molecule has 0 unspecified atom stereocenters. The van der Waals surface area contributed by atoms with Crippen molar-refractivity contribution >= 4 is 33.7 Å². The van der Waals surface area contributed by atoms with Crippen LogP contribution in [-0.2, 0) is 28.9 Å². The zero-order valence-electron chi connectivity index (χ0n) is 16.1. The number of para-hydroxylation sites is 1. The molecule has 0 aliphatic carbocycles. The number of carboxylic acid groups (broad SMARTS) is 1. The number of esters is 1. The van der Waals surface area contributed by atoms with Crippen LogP contribution in [0.4, 0.5) is 0 Å². The SMILES string of the molecule is COC(=O)c1ccc(CCn2c3ccccc3c3ccc(CC(=O)O)cc32)cc1. The van der Waals surface area contributed by atoms with Crippen molar-refractivity contribution < 1.29 is 19.4 Å². The number of aliphatic carboxylic acids is 1. The van der Waals surface area contributed by atoms with Crippen LogP contribution in [0, 0.1) is 0 Å². The van der Waals surface area contributed by atoms with Crippen molar-refractivity contribution in [3.05, 3.63) is 83.4 Å². The molecular formula is C24H21NO4. The van der Waals surface area contributed by atoms with Gasteiger partial charge in [0.15, 0.2) is 0 Å². The van der Waals surface area contributed by atoms with Crippen molar-refractivity contribution in [1.82, 2.24) is 4.57 Å². The van der Waals surface area contributed by atoms with E-state index in [9.17, 15) is 9.59 Å². The van der Waals surface area contributed by atoms with E-state index >= 15 is 0 Å². The lowest BCUT2D eigenvalue weighted by Gasteiger charge is -2.09. The van der Waals surface area contributed by atoms with Gasteiger partial charge in [0.05, 0.1) is 19.1 Å². The molecule has 5 nitrogen and oxygen atoms in total. The van der Waals surface area contributed by atoms with Gasteiger partial charge in [0.2, 0.25) is 0 Å². The van der Waals surface area contributed by atoms with E-state index in [-0.39, 0.29) is 12.4 Å². The second kappa shape index (κ2) is 7.80. The van der Waals surface area contributed by atoms with E-state index in [0.717, 1.165) is 45.9 Å². The molecule has 0 amide bonds. The summed E-state index contributed by atoms with van der Waals surface area (Å²) in [4.78, 5) is 22.7. The van der Waals surface area contributed by atoms with Crippen LogP contribution in [0.1, 0.15) is 21.5 Å². The minimum absolute atomic E-state index is 0.00640. The molecule has 0 saturated heterocycles. The van der Waals surface area contributed by atoms with E-state index in [1.54, 1.807) is 12.1 Å². The summed E-state index contributed by atoms with van der Waals surface area (Å²) in [5.74, 6) is -1.18. The Kier molecular flexibility index (Phi) is 5.04. The molecular weight excluding hydrogens is 366 g/mol. The van der Waals surface area contributed by atoms with Crippen LogP contribution in [-0.4, -0.2) is 28.7 Å². The molecule has 0 saturated carbocycles. The topological polar surface area (TPSA) is 68.5 Å². The van der Waals surface area contributed by atoms with Crippen LogP contribution in [0.25, 0.3) is 21.8 Å². The van der Waals surface area contributed by atoms with Gasteiger partial charge in [0.25, 0.3) is 0 Å². The fourth-order valence-corrected chi connectivity index (χ4v) is 3.79. The minimum Gasteiger partial charge on any atom is -0.481 e. The molecule has 0 radical (unpaired) electrons. The molecule has 0 spiro atoms. The first kappa shape index (κ1) is 18.7. The first-order valence-corrected chi connectivity index (χ1v) is 9.46. The van der Waals surface area contributed by atoms with Gasteiger partial charge in [0.1, 0.15) is 0 Å². The summed E-state index contributed by atoms with van der Waals surface area (Å²) in [7, 11) is 1.37. The number of aryl methyl sites for hydroxylation is 2. The molecule has 4 rings (SSSR count). The molecule has 3 aromatic carbocycles. The van der Waals surface area contributed by atoms with Gasteiger partial charge in [-0.3, -0.25) is 4.79 Å². The van der Waals surface area contributed by atoms with Crippen molar-refractivity contribution in [3.63, 3.8) is 0 Å². The standard InChI is InChI=1S/C24H21NO4/c1-29-24(28)18-9-6-16(7-10-18)12-13-25-21-5-3-2-4-19(21)20-11-8-17(14-22(20)25)15-23(26)27/h2-11,14H,12-13,15H2,1H3,(H,26,27). The largest absolute Gasteiger partial charge is 0.481 e. The van der Waals surface area contributed by atoms with Crippen LogP contribution in [0.2, 0.25) is 0 Å². The number of benzene rings is 3. The average molecular weight is 387 g/mol. The zero-order valence-corrected chi connectivity index (χ0v) is 16.1. The summed E-state index contributed by atoms with van der Waals surface area (Å²) >= 11 is 0. The highest BCUT2D eigenvalue weighted by Gasteiger charge is 2.12. The smallest absolute Gasteiger partial charge is 0.337 e. The average Bonchev–Trinajstić information content (AvgIpc) is 3.04. The maximum atomic E-state index is 11.6. The number of hydrogen-bond acceptors (Lipinski definition) is 3. The Bertz CT molecular complexity index is 1200. The highest BCUT2D eigenvalue weighted by Crippen LogP contribution is 2.30. The minimum atomic E-state index is -0.835. The first-order valence-electron chi connectivity index (χ1n) is 9.46. The van der Waals surface area contributed by atoms with Crippen LogP contribution in [0.5, 0.6) is 0 Å². The molecule has 146 valence electrons. The van der Waals surface area contributed by atoms with Crippen molar-refractivity contribution in [2.45, 2.75) is 19.4 Å². The highest BCUT2D eigenvalue weighted by molar-refractivity contribution is 6.08. The van der Waals surface area contributed by atoms with Crippen LogP contribution < -0.4 is 0 Å². The van der Waals surface area contributed by atoms with Crippen molar-refractivity contribution in [2.75, 3.05) is 7.11 Å². The maximum absolute atomic E-state index is 11.6. The Balaban J connectivity index is 1.69. The van der Waals surface area contributed by atoms with E-state index in [4.69, 9.17) is 9.84 Å². The Morgan fingerprint density at radius 2 is 1.59 bits per heavy atom. The zero-order chi connectivity index (χ0) is 20.4. The quantitative estimate of drug-likeness (QED) is 0.496. The predicted molar refractivity (Wildman–Crippen MR) is 112 cm³/mol. The van der Waals surface area contributed by atoms with E-state index < -0.39 is 5.97 Å². The number of methoxy groups -OCH3 is 1. The Labute approximate surface area is 168 Å². The molecule has 0 aliphatic rings. The molecule has 4 aromatic rings. The number of rotatable bonds is 6. The Hall–Kier alpha value is -3.60. The summed E-state index contributed by atoms with van der Waals surface area (Å²) in [6.07, 6.45) is 0.796. The maximum Gasteiger partial charge on any atom is 0.337 e. The van der Waals surface area contributed by atoms with Gasteiger partial charge < -0.3 is 14.4 Å². The monoisotopic (exact) mass is 387 g/mol. The van der Waals surface area contributed by atoms with E-state index in [1.165, 1.54) is 7.11 Å². The number of fused-ring (bicyclic) bond motifs is 3. The van der Waals surface area contributed by atoms with E-state index in [2.05, 4.69) is 16.7 Å². The van der Waals surface area contributed by atoms with Gasteiger partial charge in [-0.1, -0.05) is 42.5 Å². The molecule has 1 aromatic heterocycles. The van der Waals surface area contributed by atoms with E-state index in [1.807, 2.05) is 42.5 Å². The van der Waals surface area contributed by atoms with Gasteiger partial charge in [-0.25, -0.2) is 4.79 Å². The molecule has 1 heterocycles. The van der Waals surface area contributed by atoms with Crippen molar-refractivity contribution in [2.24, 2.45) is 0 Å². The van der Waals surface area contributed by atoms with Crippen LogP contribution >= 0.6 is 0 Å². The van der Waals surface area contributed by atoms with Crippen LogP contribution in [0.3, 0.4) is 0 Å². The number of nitrogens with zero attached hydrogens (tertiary/aromatic N) is 1. The predicted octanol–water partition coefficient (Wildman–Crippen LogP) is 4.45. The number of carbonyl (C=O) groups excluding carboxylic acids is 1. The lowest BCUT2D eigenvalue weighted by molar-refractivity contribution is -0.136. The molecule has 0 aliphatic heterocycles. The van der Waals surface area contributed by atoms with Gasteiger partial charge in [0, 0.05) is 28.4 Å². The van der Waals surface area contributed by atoms with Gasteiger partial charge in [-0.05, 0) is 41.8 Å². The Morgan fingerprint density at radius 1 is 0.897 bits per heavy atom. The second-order valence-electron chi connectivity index (χ2n) is 7.03. The highest BCUT2D eigenvalue weighted by atomic mass is 16.5. The lowest BCUT2D eigenvalue weighted by atomic mass is 10.1. The molecule has 5 heteroatoms. The summed E-state index contributed by atoms with van der Waals surface area (Å²) < 4.78 is 6.99. The number of ether oxygens (including phenoxy) is 1. The van der Waals surface area contributed by atoms with Gasteiger partial charge in [-0.15, -0.1) is 0 Å². The summed E-state index contributed by atoms with van der Waals surface area (Å²) in [5.41, 5.74) is 4.60. The number of carbonyl (C=O) groups is 2. The van der Waals surface area contributed by atoms with Gasteiger partial charge in [-0.2, -0.15) is 0 Å². The fraction of sp³-hybridized carbons (Fsp3) is 0.167. The molecule has 29 heavy (non-hydrogen) atoms. The second-order valence-corrected chi connectivity index (χ2v) is 7.03. The third-order valence-electron chi connectivity index (χ3n) is 5.19. The summed E-state index contributed by atoms with van der Waals surface area (Å²) in [5, 5.41) is 11.4. The van der Waals surface area contributed by atoms with Gasteiger partial charge >= 0.3 is 11.9 Å². The number of aromatic nitrogens is 1. The summed E-state index contributed by atoms with van der Waals surface area (Å²) in [6, 6.07) is 21.5. The van der Waals surface area contributed by atoms with Crippen molar-refractivity contribution in [1.29, 1.82) is 0 Å². The van der Waals surface area contributed by atoms with Crippen molar-refractivity contribution in [3.8, 4) is 0 Å². The molecule has 1 N–H and O–H groups in total. The van der Waals surface area contributed by atoms with Crippen LogP contribution in [0.15, 0.2) is 66.7 Å². The number of hydrogen-bond donors (Lipinski definition) is 1. The third-order valence-corrected chi connectivity index (χ3v) is 5.19. The fourth-order valence-electron chi connectivity index (χ4n) is 3.79. The summed E-state index contributed by atoms with van der Waals surface area (Å²) in [6.45, 7) is 0.748. The normalized spacial score (nSPS) is 11.1. The lowest BCUT2D eigenvalue weighted by Crippen LogP contribution is -2.04. The van der Waals surface area contributed by atoms with E-state index in [0.29, 0.717) is 5.56 Å².